The molecule has 0 N–H and O–H groups in total. The van der Waals surface area contributed by atoms with Gasteiger partial charge in [0.2, 0.25) is 0 Å². The molecule has 0 aliphatic carbocycles. The molecule has 0 rings (SSSR count). The van der Waals surface area contributed by atoms with Crippen LogP contribution in [0.1, 0.15) is 1.37 Å². The summed E-state index contributed by atoms with van der Waals surface area (Å²) in [6.07, 6.45) is 0. The largest absolute Gasteiger partial charge is 0.523 e. The molecule has 0 saturated heterocycles. The predicted molar refractivity (Wildman–Crippen MR) is 22.0 cm³/mol. The summed E-state index contributed by atoms with van der Waals surface area (Å²) >= 11 is 0. The monoisotopic (exact) mass is 165 g/mol. The normalized spacial score (nSPS) is 15.2. The van der Waals surface area contributed by atoms with Gasteiger partial charge >= 0.3 is 15.6 Å². The van der Waals surface area contributed by atoms with Gasteiger partial charge in [-0.15, -0.1) is 0 Å². The van der Waals surface area contributed by atoms with Crippen molar-refractivity contribution in [1.82, 2.24) is 0 Å². The van der Waals surface area contributed by atoms with Gasteiger partial charge in [0.1, 0.15) is 0 Å². The van der Waals surface area contributed by atoms with E-state index in [0.717, 1.165) is 0 Å². The highest BCUT2D eigenvalue weighted by atomic mass is 32.2. The van der Waals surface area contributed by atoms with Crippen LogP contribution in [-0.2, 0) is 14.3 Å². The fourth-order valence-corrected chi connectivity index (χ4v) is 0.200. The molecule has 0 aromatic carbocycles. The van der Waals surface area contributed by atoms with Crippen molar-refractivity contribution >= 4 is 10.1 Å². The summed E-state index contributed by atoms with van der Waals surface area (Å²) in [5.41, 5.74) is -5.42. The van der Waals surface area contributed by atoms with Crippen LogP contribution in [0.5, 0.6) is 0 Å². The van der Waals surface area contributed by atoms with Gasteiger partial charge in [-0.1, -0.05) is 0 Å². The third-order valence-electron chi connectivity index (χ3n) is 0.439. The highest BCUT2D eigenvalue weighted by Crippen LogP contribution is 2.23. The quantitative estimate of drug-likeness (QED) is 0.419. The Bertz CT molecular complexity index is 194. The van der Waals surface area contributed by atoms with Crippen LogP contribution in [0.2, 0.25) is 0 Å². The molecule has 0 radical (unpaired) electrons. The number of halogens is 3. The minimum atomic E-state index is -5.54. The second-order valence-corrected chi connectivity index (χ2v) is 2.62. The molecule has 7 heteroatoms. The number of alkyl halides is 3. The van der Waals surface area contributed by atoms with Gasteiger partial charge in [0.15, 0.2) is 0 Å². The van der Waals surface area contributed by atoms with Gasteiger partial charge in [0.05, 0.1) is 8.46 Å². The Morgan fingerprint density at radius 3 is 2.11 bits per heavy atom. The highest BCUT2D eigenvalue weighted by molar-refractivity contribution is 7.87. The van der Waals surface area contributed by atoms with Crippen LogP contribution in [-0.4, -0.2) is 21.0 Å². The van der Waals surface area contributed by atoms with Gasteiger partial charge < -0.3 is 0 Å². The van der Waals surface area contributed by atoms with Crippen molar-refractivity contribution in [2.24, 2.45) is 0 Å². The molecule has 0 aliphatic rings. The Balaban J connectivity index is 4.44. The SMILES string of the molecule is [2H]COS(=O)(=O)C(F)(F)F. The summed E-state index contributed by atoms with van der Waals surface area (Å²) in [5.74, 6) is 0. The minimum absolute atomic E-state index is 1.26. The third-order valence-corrected chi connectivity index (χ3v) is 1.32. The molecule has 0 saturated carbocycles. The average Bonchev–Trinajstić information content (AvgIpc) is 1.61. The third kappa shape index (κ3) is 1.83. The standard InChI is InChI=1S/C2H3F3O3S/c1-8-9(6,7)2(3,4)5/h1H3/i1D. The molecule has 0 aromatic heterocycles. The molecule has 9 heavy (non-hydrogen) atoms. The molecular formula is C2H3F3O3S. The zero-order valence-electron chi connectivity index (χ0n) is 4.97. The van der Waals surface area contributed by atoms with Crippen molar-refractivity contribution in [3.63, 3.8) is 0 Å². The van der Waals surface area contributed by atoms with Gasteiger partial charge in [0.25, 0.3) is 0 Å². The van der Waals surface area contributed by atoms with E-state index in [1.807, 2.05) is 0 Å². The van der Waals surface area contributed by atoms with Gasteiger partial charge in [-0.3, -0.25) is 4.18 Å². The Kier molecular flexibility index (Phi) is 1.62. The van der Waals surface area contributed by atoms with Crippen molar-refractivity contribution in [2.75, 3.05) is 7.09 Å². The second-order valence-electron chi connectivity index (χ2n) is 1.02. The van der Waals surface area contributed by atoms with Crippen molar-refractivity contribution in [1.29, 1.82) is 0 Å². The smallest absolute Gasteiger partial charge is 0.267 e. The van der Waals surface area contributed by atoms with Crippen molar-refractivity contribution in [3.8, 4) is 0 Å². The minimum Gasteiger partial charge on any atom is -0.267 e. The van der Waals surface area contributed by atoms with E-state index in [4.69, 9.17) is 1.37 Å². The maximum Gasteiger partial charge on any atom is 0.523 e. The van der Waals surface area contributed by atoms with E-state index in [1.54, 1.807) is 0 Å². The van der Waals surface area contributed by atoms with Crippen LogP contribution >= 0.6 is 0 Å². The van der Waals surface area contributed by atoms with Gasteiger partial charge in [-0.05, 0) is 0 Å². The van der Waals surface area contributed by atoms with Crippen LogP contribution in [0.15, 0.2) is 0 Å². The summed E-state index contributed by atoms with van der Waals surface area (Å²) in [4.78, 5) is 0. The Labute approximate surface area is 51.0 Å². The van der Waals surface area contributed by atoms with E-state index in [0.29, 0.717) is 0 Å². The average molecular weight is 165 g/mol. The molecule has 0 bridgehead atoms. The first-order chi connectivity index (χ1) is 4.31. The number of rotatable bonds is 1. The van der Waals surface area contributed by atoms with E-state index < -0.39 is 22.7 Å². The number of hydrogen-bond donors (Lipinski definition) is 0. The van der Waals surface area contributed by atoms with Crippen LogP contribution < -0.4 is 0 Å². The predicted octanol–water partition coefficient (Wildman–Crippen LogP) is 0.482. The first-order valence-corrected chi connectivity index (χ1v) is 2.97. The van der Waals surface area contributed by atoms with Crippen LogP contribution in [0.3, 0.4) is 0 Å². The molecular weight excluding hydrogens is 161 g/mol. The van der Waals surface area contributed by atoms with E-state index in [1.165, 1.54) is 0 Å². The first-order valence-electron chi connectivity index (χ1n) is 2.27. The van der Waals surface area contributed by atoms with E-state index in [9.17, 15) is 21.6 Å². The molecule has 0 spiro atoms. The van der Waals surface area contributed by atoms with Gasteiger partial charge in [-0.2, -0.15) is 21.6 Å². The second kappa shape index (κ2) is 2.14. The summed E-state index contributed by atoms with van der Waals surface area (Å²) in [7, 11) is -6.80. The summed E-state index contributed by atoms with van der Waals surface area (Å²) in [5, 5.41) is 0. The molecule has 0 fully saturated rings. The van der Waals surface area contributed by atoms with E-state index in [2.05, 4.69) is 4.18 Å². The lowest BCUT2D eigenvalue weighted by molar-refractivity contribution is -0.0526. The fourth-order valence-electron chi connectivity index (χ4n) is 0.0668. The lowest BCUT2D eigenvalue weighted by Crippen LogP contribution is -2.23. The first kappa shape index (κ1) is 6.81. The fraction of sp³-hybridized carbons (Fsp3) is 1.00. The van der Waals surface area contributed by atoms with Crippen molar-refractivity contribution in [2.45, 2.75) is 5.51 Å². The van der Waals surface area contributed by atoms with Crippen LogP contribution in [0.4, 0.5) is 13.2 Å². The topological polar surface area (TPSA) is 43.4 Å². The Morgan fingerprint density at radius 1 is 1.56 bits per heavy atom. The molecule has 56 valence electrons. The highest BCUT2D eigenvalue weighted by Gasteiger charge is 2.46. The molecule has 0 amide bonds. The Morgan fingerprint density at radius 2 is 2.00 bits per heavy atom. The summed E-state index contributed by atoms with van der Waals surface area (Å²) in [6.45, 7) is 0. The van der Waals surface area contributed by atoms with Crippen molar-refractivity contribution < 1.29 is 27.1 Å². The molecule has 0 heterocycles. The van der Waals surface area contributed by atoms with Crippen LogP contribution in [0, 0.1) is 0 Å². The van der Waals surface area contributed by atoms with E-state index in [-0.39, 0.29) is 0 Å². The summed E-state index contributed by atoms with van der Waals surface area (Å²) in [6, 6.07) is 0. The Hall–Kier alpha value is -0.300. The maximum absolute atomic E-state index is 11.2. The summed E-state index contributed by atoms with van der Waals surface area (Å²) < 4.78 is 62.4. The van der Waals surface area contributed by atoms with Crippen molar-refractivity contribution in [3.05, 3.63) is 0 Å². The lowest BCUT2D eigenvalue weighted by atomic mass is 11.6. The zero-order chi connectivity index (χ0) is 8.41. The molecule has 0 unspecified atom stereocenters. The van der Waals surface area contributed by atoms with Gasteiger partial charge in [-0.25, -0.2) is 0 Å². The number of hydrogen-bond acceptors (Lipinski definition) is 3. The molecule has 0 aliphatic heterocycles. The van der Waals surface area contributed by atoms with Crippen LogP contribution in [0.25, 0.3) is 0 Å². The maximum atomic E-state index is 11.2. The zero-order valence-corrected chi connectivity index (χ0v) is 4.79. The lowest BCUT2D eigenvalue weighted by Gasteiger charge is -2.02. The molecule has 0 atom stereocenters. The molecule has 0 aromatic rings. The molecule has 3 nitrogen and oxygen atoms in total. The van der Waals surface area contributed by atoms with E-state index >= 15 is 0 Å². The van der Waals surface area contributed by atoms with Gasteiger partial charge in [0, 0.05) is 0 Å².